The Morgan fingerprint density at radius 3 is 2.50 bits per heavy atom. The Hall–Kier alpha value is 0.430. The van der Waals surface area contributed by atoms with Crippen LogP contribution in [0.3, 0.4) is 0 Å². The van der Waals surface area contributed by atoms with Gasteiger partial charge in [-0.3, -0.25) is 4.79 Å². The number of halogens is 2. The van der Waals surface area contributed by atoms with E-state index in [4.69, 9.17) is 0 Å². The first kappa shape index (κ1) is 8.43. The average molecular weight is 246 g/mol. The molecule has 8 heavy (non-hydrogen) atoms. The SMILES string of the molecule is CC(=O)OC(Br)CBr. The molecule has 48 valence electrons. The summed E-state index contributed by atoms with van der Waals surface area (Å²) in [6.45, 7) is 1.37. The highest BCUT2D eigenvalue weighted by molar-refractivity contribution is 9.12. The summed E-state index contributed by atoms with van der Waals surface area (Å²) < 4.78 is 4.63. The zero-order valence-electron chi connectivity index (χ0n) is 4.36. The molecule has 0 bridgehead atoms. The van der Waals surface area contributed by atoms with Crippen LogP contribution >= 0.6 is 31.9 Å². The van der Waals surface area contributed by atoms with Crippen molar-refractivity contribution in [3.63, 3.8) is 0 Å². The van der Waals surface area contributed by atoms with E-state index < -0.39 is 0 Å². The molecule has 0 saturated carbocycles. The number of carbonyl (C=O) groups excluding carboxylic acids is 1. The zero-order chi connectivity index (χ0) is 6.57. The third-order valence-electron chi connectivity index (χ3n) is 0.415. The second kappa shape index (κ2) is 4.32. The Kier molecular flexibility index (Phi) is 4.56. The first-order chi connectivity index (χ1) is 3.66. The van der Waals surface area contributed by atoms with E-state index in [1.807, 2.05) is 0 Å². The van der Waals surface area contributed by atoms with Gasteiger partial charge in [-0.25, -0.2) is 0 Å². The van der Waals surface area contributed by atoms with Crippen molar-refractivity contribution in [1.82, 2.24) is 0 Å². The first-order valence-corrected chi connectivity index (χ1v) is 4.07. The van der Waals surface area contributed by atoms with Crippen LogP contribution in [-0.4, -0.2) is 16.3 Å². The number of rotatable bonds is 2. The topological polar surface area (TPSA) is 26.3 Å². The van der Waals surface area contributed by atoms with Gasteiger partial charge in [0.1, 0.15) is 0 Å². The molecule has 4 heteroatoms. The minimum absolute atomic E-state index is 0.194. The molecule has 0 amide bonds. The summed E-state index contributed by atoms with van der Waals surface area (Å²) in [4.78, 5) is 10.1. The van der Waals surface area contributed by atoms with Crippen LogP contribution in [0.2, 0.25) is 0 Å². The lowest BCUT2D eigenvalue weighted by atomic mass is 10.8. The molecule has 0 radical (unpaired) electrons. The van der Waals surface area contributed by atoms with E-state index in [0.29, 0.717) is 5.33 Å². The van der Waals surface area contributed by atoms with Gasteiger partial charge in [0.25, 0.3) is 0 Å². The van der Waals surface area contributed by atoms with E-state index >= 15 is 0 Å². The normalized spacial score (nSPS) is 12.9. The van der Waals surface area contributed by atoms with Crippen molar-refractivity contribution >= 4 is 37.8 Å². The molecule has 0 fully saturated rings. The van der Waals surface area contributed by atoms with Crippen molar-refractivity contribution in [2.24, 2.45) is 0 Å². The highest BCUT2D eigenvalue weighted by Crippen LogP contribution is 2.04. The van der Waals surface area contributed by atoms with Crippen LogP contribution in [-0.2, 0) is 9.53 Å². The number of alkyl halides is 2. The van der Waals surface area contributed by atoms with Crippen LogP contribution in [0.25, 0.3) is 0 Å². The molecule has 1 unspecified atom stereocenters. The highest BCUT2D eigenvalue weighted by Gasteiger charge is 2.02. The maximum Gasteiger partial charge on any atom is 0.303 e. The molecule has 0 aromatic rings. The predicted octanol–water partition coefficient (Wildman–Crippen LogP) is 1.67. The summed E-state index contributed by atoms with van der Waals surface area (Å²) in [5.74, 6) is -0.272. The van der Waals surface area contributed by atoms with Crippen molar-refractivity contribution in [2.45, 2.75) is 11.9 Å². The molecule has 0 saturated heterocycles. The summed E-state index contributed by atoms with van der Waals surface area (Å²) in [5, 5.41) is 0.423. The monoisotopic (exact) mass is 244 g/mol. The fourth-order valence-electron chi connectivity index (χ4n) is 0.212. The summed E-state index contributed by atoms with van der Waals surface area (Å²) in [6.07, 6.45) is 0. The van der Waals surface area contributed by atoms with Crippen molar-refractivity contribution in [3.8, 4) is 0 Å². The third kappa shape index (κ3) is 4.59. The van der Waals surface area contributed by atoms with Gasteiger partial charge < -0.3 is 4.74 Å². The molecule has 0 aliphatic heterocycles. The fraction of sp³-hybridized carbons (Fsp3) is 0.750. The van der Waals surface area contributed by atoms with E-state index in [1.165, 1.54) is 6.92 Å². The molecule has 0 spiro atoms. The Labute approximate surface area is 64.8 Å². The quantitative estimate of drug-likeness (QED) is 0.547. The predicted molar refractivity (Wildman–Crippen MR) is 38.3 cm³/mol. The fourth-order valence-corrected chi connectivity index (χ4v) is 0.607. The van der Waals surface area contributed by atoms with Crippen LogP contribution in [0, 0.1) is 0 Å². The molecule has 0 aliphatic carbocycles. The van der Waals surface area contributed by atoms with Crippen molar-refractivity contribution in [3.05, 3.63) is 0 Å². The van der Waals surface area contributed by atoms with Gasteiger partial charge in [0.15, 0.2) is 5.01 Å². The molecule has 0 heterocycles. The lowest BCUT2D eigenvalue weighted by molar-refractivity contribution is -0.141. The number of hydrogen-bond acceptors (Lipinski definition) is 2. The van der Waals surface area contributed by atoms with Gasteiger partial charge in [-0.05, 0) is 15.9 Å². The molecule has 0 rings (SSSR count). The van der Waals surface area contributed by atoms with Crippen LogP contribution in [0.4, 0.5) is 0 Å². The number of carbonyl (C=O) groups is 1. The zero-order valence-corrected chi connectivity index (χ0v) is 7.53. The highest BCUT2D eigenvalue weighted by atomic mass is 79.9. The van der Waals surface area contributed by atoms with Gasteiger partial charge in [-0.2, -0.15) is 0 Å². The molecule has 1 atom stereocenters. The van der Waals surface area contributed by atoms with Gasteiger partial charge in [0, 0.05) is 6.92 Å². The molecule has 0 aliphatic rings. The number of hydrogen-bond donors (Lipinski definition) is 0. The molecular formula is C4H6Br2O2. The lowest BCUT2D eigenvalue weighted by Crippen LogP contribution is -2.09. The smallest absolute Gasteiger partial charge is 0.303 e. The Bertz CT molecular complexity index is 84.1. The molecule has 2 nitrogen and oxygen atoms in total. The van der Waals surface area contributed by atoms with Crippen LogP contribution in [0.1, 0.15) is 6.92 Å². The first-order valence-electron chi connectivity index (χ1n) is 2.04. The average Bonchev–Trinajstić information content (AvgIpc) is 1.65. The maximum absolute atomic E-state index is 10.1. The second-order valence-corrected chi connectivity index (χ2v) is 2.84. The Morgan fingerprint density at radius 2 is 2.38 bits per heavy atom. The Balaban J connectivity index is 3.24. The molecule has 0 aromatic carbocycles. The van der Waals surface area contributed by atoms with Gasteiger partial charge >= 0.3 is 5.97 Å². The number of ether oxygens (including phenoxy) is 1. The summed E-state index contributed by atoms with van der Waals surface area (Å²) in [6, 6.07) is 0. The van der Waals surface area contributed by atoms with Crippen molar-refractivity contribution in [2.75, 3.05) is 5.33 Å². The van der Waals surface area contributed by atoms with E-state index in [-0.39, 0.29) is 11.0 Å². The van der Waals surface area contributed by atoms with Crippen molar-refractivity contribution in [1.29, 1.82) is 0 Å². The minimum Gasteiger partial charge on any atom is -0.450 e. The van der Waals surface area contributed by atoms with Gasteiger partial charge in [-0.1, -0.05) is 15.9 Å². The van der Waals surface area contributed by atoms with Crippen LogP contribution < -0.4 is 0 Å². The lowest BCUT2D eigenvalue weighted by Gasteiger charge is -2.03. The molecule has 0 aromatic heterocycles. The van der Waals surface area contributed by atoms with E-state index in [1.54, 1.807) is 0 Å². The largest absolute Gasteiger partial charge is 0.450 e. The molecular weight excluding hydrogens is 240 g/mol. The summed E-state index contributed by atoms with van der Waals surface area (Å²) in [7, 11) is 0. The van der Waals surface area contributed by atoms with Crippen LogP contribution in [0.5, 0.6) is 0 Å². The van der Waals surface area contributed by atoms with Crippen LogP contribution in [0.15, 0.2) is 0 Å². The van der Waals surface area contributed by atoms with E-state index in [2.05, 4.69) is 36.6 Å². The summed E-state index contributed by atoms with van der Waals surface area (Å²) >= 11 is 6.21. The van der Waals surface area contributed by atoms with E-state index in [0.717, 1.165) is 0 Å². The standard InChI is InChI=1S/C4H6Br2O2/c1-3(7)8-4(6)2-5/h4H,2H2,1H3. The van der Waals surface area contributed by atoms with Gasteiger partial charge in [0.2, 0.25) is 0 Å². The second-order valence-electron chi connectivity index (χ2n) is 1.17. The Morgan fingerprint density at radius 1 is 1.88 bits per heavy atom. The number of esters is 1. The molecule has 0 N–H and O–H groups in total. The minimum atomic E-state index is -0.272. The van der Waals surface area contributed by atoms with E-state index in [9.17, 15) is 4.79 Å². The maximum atomic E-state index is 10.1. The summed E-state index contributed by atoms with van der Waals surface area (Å²) in [5.41, 5.74) is 0. The van der Waals surface area contributed by atoms with Crippen molar-refractivity contribution < 1.29 is 9.53 Å². The third-order valence-corrected chi connectivity index (χ3v) is 2.38. The van der Waals surface area contributed by atoms with Gasteiger partial charge in [-0.15, -0.1) is 0 Å². The van der Waals surface area contributed by atoms with Gasteiger partial charge in [0.05, 0.1) is 5.33 Å².